The molecule has 1 saturated heterocycles. The summed E-state index contributed by atoms with van der Waals surface area (Å²) in [5, 5.41) is 0. The average Bonchev–Trinajstić information content (AvgIpc) is 2.26. The molecular weight excluding hydrogens is 267 g/mol. The van der Waals surface area contributed by atoms with Gasteiger partial charge < -0.3 is 5.73 Å². The van der Waals surface area contributed by atoms with Crippen LogP contribution in [0.15, 0.2) is 23.1 Å². The second kappa shape index (κ2) is 5.09. The van der Waals surface area contributed by atoms with Gasteiger partial charge in [0.2, 0.25) is 10.0 Å². The number of anilines is 1. The second-order valence-electron chi connectivity index (χ2n) is 5.43. The minimum atomic E-state index is -3.86. The van der Waals surface area contributed by atoms with Gasteiger partial charge in [-0.05, 0) is 30.4 Å². The van der Waals surface area contributed by atoms with Crippen molar-refractivity contribution in [1.29, 1.82) is 0 Å². The standard InChI is InChI=1S/C13H19FN2O2S/c1-9-6-10(2)8-16(7-9)19(17,18)13-11(14)4-3-5-12(13)15/h3-5,9-10H,6-8,15H2,1-2H3. The Balaban J connectivity index is 2.42. The predicted octanol–water partition coefficient (Wildman–Crippen LogP) is 2.07. The van der Waals surface area contributed by atoms with E-state index in [4.69, 9.17) is 5.73 Å². The Bertz CT molecular complexity index is 544. The van der Waals surface area contributed by atoms with Crippen LogP contribution in [0, 0.1) is 17.7 Å². The number of piperidine rings is 1. The summed E-state index contributed by atoms with van der Waals surface area (Å²) in [6.45, 7) is 4.84. The fourth-order valence-corrected chi connectivity index (χ4v) is 4.57. The molecule has 2 atom stereocenters. The number of benzene rings is 1. The van der Waals surface area contributed by atoms with Gasteiger partial charge in [0.05, 0.1) is 5.69 Å². The number of hydrogen-bond donors (Lipinski definition) is 1. The number of nitrogens with two attached hydrogens (primary N) is 1. The summed E-state index contributed by atoms with van der Waals surface area (Å²) in [6, 6.07) is 3.94. The van der Waals surface area contributed by atoms with Crippen molar-refractivity contribution in [3.05, 3.63) is 24.0 Å². The predicted molar refractivity (Wildman–Crippen MR) is 72.5 cm³/mol. The Morgan fingerprint density at radius 3 is 2.37 bits per heavy atom. The molecule has 4 nitrogen and oxygen atoms in total. The molecule has 1 aromatic rings. The van der Waals surface area contributed by atoms with E-state index in [1.54, 1.807) is 0 Å². The van der Waals surface area contributed by atoms with Gasteiger partial charge in [0, 0.05) is 13.1 Å². The lowest BCUT2D eigenvalue weighted by Crippen LogP contribution is -2.42. The van der Waals surface area contributed by atoms with Crippen LogP contribution >= 0.6 is 0 Å². The van der Waals surface area contributed by atoms with Crippen LogP contribution in [-0.4, -0.2) is 25.8 Å². The largest absolute Gasteiger partial charge is 0.398 e. The fourth-order valence-electron chi connectivity index (χ4n) is 2.73. The van der Waals surface area contributed by atoms with Gasteiger partial charge >= 0.3 is 0 Å². The molecule has 2 rings (SSSR count). The maximum absolute atomic E-state index is 13.8. The molecule has 1 fully saturated rings. The topological polar surface area (TPSA) is 63.4 Å². The summed E-state index contributed by atoms with van der Waals surface area (Å²) < 4.78 is 40.2. The number of sulfonamides is 1. The van der Waals surface area contributed by atoms with E-state index in [1.807, 2.05) is 13.8 Å². The first-order valence-corrected chi connectivity index (χ1v) is 7.80. The summed E-state index contributed by atoms with van der Waals surface area (Å²) in [5.41, 5.74) is 5.60. The molecule has 2 N–H and O–H groups in total. The fraction of sp³-hybridized carbons (Fsp3) is 0.538. The van der Waals surface area contributed by atoms with E-state index >= 15 is 0 Å². The van der Waals surface area contributed by atoms with Crippen molar-refractivity contribution in [2.75, 3.05) is 18.8 Å². The normalized spacial score (nSPS) is 25.4. The lowest BCUT2D eigenvalue weighted by molar-refractivity contribution is 0.222. The van der Waals surface area contributed by atoms with Crippen molar-refractivity contribution >= 4 is 15.7 Å². The summed E-state index contributed by atoms with van der Waals surface area (Å²) in [4.78, 5) is -0.392. The molecule has 0 bridgehead atoms. The molecule has 1 aliphatic heterocycles. The van der Waals surface area contributed by atoms with Crippen molar-refractivity contribution in [1.82, 2.24) is 4.31 Å². The quantitative estimate of drug-likeness (QED) is 0.847. The number of nitrogen functional groups attached to an aromatic ring is 1. The van der Waals surface area contributed by atoms with Crippen LogP contribution in [0.2, 0.25) is 0 Å². The molecule has 0 saturated carbocycles. The number of nitrogens with zero attached hydrogens (tertiary/aromatic N) is 1. The third-order valence-electron chi connectivity index (χ3n) is 3.43. The van der Waals surface area contributed by atoms with Gasteiger partial charge in [0.25, 0.3) is 0 Å². The van der Waals surface area contributed by atoms with Gasteiger partial charge in [-0.2, -0.15) is 4.31 Å². The third-order valence-corrected chi connectivity index (χ3v) is 5.36. The maximum Gasteiger partial charge on any atom is 0.248 e. The van der Waals surface area contributed by atoms with Crippen LogP contribution < -0.4 is 5.73 Å². The van der Waals surface area contributed by atoms with Crippen LogP contribution in [0.25, 0.3) is 0 Å². The molecular formula is C13H19FN2O2S. The lowest BCUT2D eigenvalue weighted by Gasteiger charge is -2.34. The first-order valence-electron chi connectivity index (χ1n) is 6.36. The SMILES string of the molecule is CC1CC(C)CN(S(=O)(=O)c2c(N)cccc2F)C1. The molecule has 19 heavy (non-hydrogen) atoms. The third kappa shape index (κ3) is 2.74. The van der Waals surface area contributed by atoms with E-state index in [9.17, 15) is 12.8 Å². The Morgan fingerprint density at radius 2 is 1.84 bits per heavy atom. The Kier molecular flexibility index (Phi) is 3.82. The minimum absolute atomic E-state index is 0.0362. The highest BCUT2D eigenvalue weighted by molar-refractivity contribution is 7.89. The summed E-state index contributed by atoms with van der Waals surface area (Å²) >= 11 is 0. The van der Waals surface area contributed by atoms with E-state index in [0.29, 0.717) is 13.1 Å². The van der Waals surface area contributed by atoms with Crippen molar-refractivity contribution in [2.24, 2.45) is 11.8 Å². The summed E-state index contributed by atoms with van der Waals surface area (Å²) in [7, 11) is -3.86. The van der Waals surface area contributed by atoms with Crippen LogP contribution in [0.5, 0.6) is 0 Å². The Hall–Kier alpha value is -1.14. The highest BCUT2D eigenvalue weighted by Gasteiger charge is 2.34. The highest BCUT2D eigenvalue weighted by Crippen LogP contribution is 2.30. The first-order chi connectivity index (χ1) is 8.82. The van der Waals surface area contributed by atoms with E-state index in [2.05, 4.69) is 0 Å². The van der Waals surface area contributed by atoms with Crippen LogP contribution in [-0.2, 0) is 10.0 Å². The van der Waals surface area contributed by atoms with Gasteiger partial charge in [-0.3, -0.25) is 0 Å². The monoisotopic (exact) mass is 286 g/mol. The van der Waals surface area contributed by atoms with Crippen molar-refractivity contribution in [3.63, 3.8) is 0 Å². The minimum Gasteiger partial charge on any atom is -0.398 e. The smallest absolute Gasteiger partial charge is 0.248 e. The van der Waals surface area contributed by atoms with Gasteiger partial charge in [0.1, 0.15) is 10.7 Å². The maximum atomic E-state index is 13.8. The Labute approximate surface area is 113 Å². The molecule has 106 valence electrons. The van der Waals surface area contributed by atoms with Gasteiger partial charge in [-0.15, -0.1) is 0 Å². The first kappa shape index (κ1) is 14.3. The molecule has 2 unspecified atom stereocenters. The van der Waals surface area contributed by atoms with Gasteiger partial charge in [-0.25, -0.2) is 12.8 Å². The van der Waals surface area contributed by atoms with Crippen LogP contribution in [0.4, 0.5) is 10.1 Å². The molecule has 1 aromatic carbocycles. The highest BCUT2D eigenvalue weighted by atomic mass is 32.2. The van der Waals surface area contributed by atoms with Gasteiger partial charge in [0.15, 0.2) is 0 Å². The zero-order valence-corrected chi connectivity index (χ0v) is 12.0. The number of halogens is 1. The second-order valence-corrected chi connectivity index (χ2v) is 7.30. The summed E-state index contributed by atoms with van der Waals surface area (Å²) in [6.07, 6.45) is 0.985. The van der Waals surface area contributed by atoms with Crippen LogP contribution in [0.1, 0.15) is 20.3 Å². The van der Waals surface area contributed by atoms with Crippen molar-refractivity contribution < 1.29 is 12.8 Å². The number of rotatable bonds is 2. The van der Waals surface area contributed by atoms with Crippen molar-refractivity contribution in [2.45, 2.75) is 25.2 Å². The zero-order valence-electron chi connectivity index (χ0n) is 11.1. The van der Waals surface area contributed by atoms with E-state index in [-0.39, 0.29) is 17.5 Å². The molecule has 0 aliphatic carbocycles. The molecule has 0 spiro atoms. The molecule has 1 heterocycles. The van der Waals surface area contributed by atoms with Gasteiger partial charge in [-0.1, -0.05) is 19.9 Å². The average molecular weight is 286 g/mol. The Morgan fingerprint density at radius 1 is 1.26 bits per heavy atom. The molecule has 0 radical (unpaired) electrons. The van der Waals surface area contributed by atoms with Crippen molar-refractivity contribution in [3.8, 4) is 0 Å². The van der Waals surface area contributed by atoms with E-state index in [0.717, 1.165) is 12.5 Å². The van der Waals surface area contributed by atoms with E-state index < -0.39 is 20.7 Å². The van der Waals surface area contributed by atoms with Crippen LogP contribution in [0.3, 0.4) is 0 Å². The summed E-state index contributed by atoms with van der Waals surface area (Å²) in [5.74, 6) is -0.246. The van der Waals surface area contributed by atoms with E-state index in [1.165, 1.54) is 16.4 Å². The molecule has 0 aromatic heterocycles. The molecule has 1 aliphatic rings. The zero-order chi connectivity index (χ0) is 14.2. The molecule has 0 amide bonds. The molecule has 6 heteroatoms. The lowest BCUT2D eigenvalue weighted by atomic mass is 9.94. The number of hydrogen-bond acceptors (Lipinski definition) is 3.